The van der Waals surface area contributed by atoms with Gasteiger partial charge in [0.1, 0.15) is 13.2 Å². The molecular weight excluding hydrogens is 266 g/mol. The van der Waals surface area contributed by atoms with Crippen molar-refractivity contribution in [2.24, 2.45) is 0 Å². The molecule has 1 aromatic carbocycles. The largest absolute Gasteiger partial charge is 0.486 e. The normalized spacial score (nSPS) is 16.8. The predicted octanol–water partition coefficient (Wildman–Crippen LogP) is 2.47. The van der Waals surface area contributed by atoms with E-state index in [2.05, 4.69) is 27.0 Å². The zero-order chi connectivity index (χ0) is 14.1. The van der Waals surface area contributed by atoms with Crippen molar-refractivity contribution < 1.29 is 9.47 Å². The van der Waals surface area contributed by atoms with Gasteiger partial charge in [0.15, 0.2) is 11.5 Å². The highest BCUT2D eigenvalue weighted by molar-refractivity contribution is 5.44. The van der Waals surface area contributed by atoms with Crippen LogP contribution in [0.2, 0.25) is 0 Å². The fourth-order valence-electron chi connectivity index (χ4n) is 2.53. The van der Waals surface area contributed by atoms with Crippen LogP contribution in [0.4, 0.5) is 5.95 Å². The quantitative estimate of drug-likeness (QED) is 0.917. The van der Waals surface area contributed by atoms with Crippen LogP contribution in [0.25, 0.3) is 0 Å². The molecule has 0 bridgehead atoms. The molecule has 1 saturated carbocycles. The molecule has 1 fully saturated rings. The zero-order valence-electron chi connectivity index (χ0n) is 11.9. The highest BCUT2D eigenvalue weighted by Gasteiger charge is 2.22. The summed E-state index contributed by atoms with van der Waals surface area (Å²) >= 11 is 0. The van der Waals surface area contributed by atoms with Crippen molar-refractivity contribution in [2.75, 3.05) is 18.5 Å². The van der Waals surface area contributed by atoms with Crippen LogP contribution >= 0.6 is 0 Å². The van der Waals surface area contributed by atoms with Crippen LogP contribution in [0.15, 0.2) is 30.6 Å². The van der Waals surface area contributed by atoms with Gasteiger partial charge in [0.05, 0.1) is 0 Å². The number of nitrogens with one attached hydrogen (secondary N) is 1. The number of imidazole rings is 1. The van der Waals surface area contributed by atoms with E-state index in [9.17, 15) is 0 Å². The molecule has 1 aliphatic heterocycles. The van der Waals surface area contributed by atoms with Gasteiger partial charge in [-0.1, -0.05) is 6.07 Å². The molecule has 5 heteroatoms. The van der Waals surface area contributed by atoms with Crippen molar-refractivity contribution in [3.8, 4) is 11.5 Å². The number of hydrogen-bond acceptors (Lipinski definition) is 4. The van der Waals surface area contributed by atoms with E-state index in [0.29, 0.717) is 19.3 Å². The summed E-state index contributed by atoms with van der Waals surface area (Å²) in [5.41, 5.74) is 1.25. The first-order valence-corrected chi connectivity index (χ1v) is 7.55. The lowest BCUT2D eigenvalue weighted by molar-refractivity contribution is 0.171. The highest BCUT2D eigenvalue weighted by Crippen LogP contribution is 2.31. The number of hydrogen-bond donors (Lipinski definition) is 1. The molecule has 1 aromatic heterocycles. The van der Waals surface area contributed by atoms with Gasteiger partial charge in [-0.2, -0.15) is 0 Å². The number of rotatable bonds is 5. The lowest BCUT2D eigenvalue weighted by Gasteiger charge is -2.19. The summed E-state index contributed by atoms with van der Waals surface area (Å²) in [7, 11) is 0. The number of fused-ring (bicyclic) bond motifs is 1. The third-order valence-electron chi connectivity index (χ3n) is 3.87. The van der Waals surface area contributed by atoms with Gasteiger partial charge in [0.25, 0.3) is 0 Å². The summed E-state index contributed by atoms with van der Waals surface area (Å²) in [5, 5.41) is 3.46. The minimum absolute atomic E-state index is 0.625. The van der Waals surface area contributed by atoms with E-state index in [1.54, 1.807) is 0 Å². The molecule has 2 aliphatic rings. The number of ether oxygens (including phenoxy) is 2. The van der Waals surface area contributed by atoms with Crippen LogP contribution in [0.1, 0.15) is 18.4 Å². The van der Waals surface area contributed by atoms with Crippen LogP contribution in [-0.2, 0) is 13.0 Å². The first-order chi connectivity index (χ1) is 10.4. The van der Waals surface area contributed by atoms with Crippen LogP contribution in [-0.4, -0.2) is 28.8 Å². The van der Waals surface area contributed by atoms with E-state index in [1.165, 1.54) is 18.4 Å². The van der Waals surface area contributed by atoms with E-state index >= 15 is 0 Å². The first kappa shape index (κ1) is 12.6. The van der Waals surface area contributed by atoms with Crippen LogP contribution in [0.3, 0.4) is 0 Å². The van der Waals surface area contributed by atoms with Crippen LogP contribution < -0.4 is 14.8 Å². The third kappa shape index (κ3) is 2.82. The van der Waals surface area contributed by atoms with Crippen LogP contribution in [0.5, 0.6) is 11.5 Å². The monoisotopic (exact) mass is 285 g/mol. The summed E-state index contributed by atoms with van der Waals surface area (Å²) in [5.74, 6) is 2.69. The summed E-state index contributed by atoms with van der Waals surface area (Å²) in [6.45, 7) is 2.18. The second-order valence-corrected chi connectivity index (χ2v) is 5.59. The fourth-order valence-corrected chi connectivity index (χ4v) is 2.53. The van der Waals surface area contributed by atoms with E-state index in [-0.39, 0.29) is 0 Å². The van der Waals surface area contributed by atoms with E-state index in [4.69, 9.17) is 9.47 Å². The Morgan fingerprint density at radius 1 is 1.19 bits per heavy atom. The molecule has 0 saturated heterocycles. The average molecular weight is 285 g/mol. The highest BCUT2D eigenvalue weighted by atomic mass is 16.6. The molecular formula is C16H19N3O2. The zero-order valence-corrected chi connectivity index (χ0v) is 11.9. The van der Waals surface area contributed by atoms with Gasteiger partial charge in [-0.05, 0) is 37.0 Å². The van der Waals surface area contributed by atoms with Gasteiger partial charge in [-0.3, -0.25) is 0 Å². The molecule has 5 nitrogen and oxygen atoms in total. The minimum atomic E-state index is 0.625. The molecule has 1 aliphatic carbocycles. The molecule has 2 heterocycles. The summed E-state index contributed by atoms with van der Waals surface area (Å²) < 4.78 is 13.4. The van der Waals surface area contributed by atoms with Crippen molar-refractivity contribution >= 4 is 5.95 Å². The molecule has 0 atom stereocenters. The maximum Gasteiger partial charge on any atom is 0.202 e. The Balaban J connectivity index is 1.43. The number of nitrogens with zero attached hydrogens (tertiary/aromatic N) is 2. The topological polar surface area (TPSA) is 48.3 Å². The predicted molar refractivity (Wildman–Crippen MR) is 80.0 cm³/mol. The molecule has 0 radical (unpaired) electrons. The van der Waals surface area contributed by atoms with Gasteiger partial charge in [0.2, 0.25) is 5.95 Å². The molecule has 0 spiro atoms. The Morgan fingerprint density at radius 3 is 2.90 bits per heavy atom. The van der Waals surface area contributed by atoms with Gasteiger partial charge in [-0.15, -0.1) is 0 Å². The molecule has 110 valence electrons. The summed E-state index contributed by atoms with van der Waals surface area (Å²) in [4.78, 5) is 4.39. The second kappa shape index (κ2) is 5.31. The first-order valence-electron chi connectivity index (χ1n) is 7.55. The standard InChI is InChI=1S/C16H19N3O2/c1-4-14-15(21-10-9-20-14)11-12(1)5-7-19-8-6-17-16(19)18-13-2-3-13/h1,4,6,8,11,13H,2-3,5,7,9-10H2,(H,17,18). The fraction of sp³-hybridized carbons (Fsp3) is 0.438. The number of aryl methyl sites for hydroxylation is 2. The number of aromatic nitrogens is 2. The van der Waals surface area contributed by atoms with Gasteiger partial charge >= 0.3 is 0 Å². The van der Waals surface area contributed by atoms with Gasteiger partial charge < -0.3 is 19.4 Å². The summed E-state index contributed by atoms with van der Waals surface area (Å²) in [6.07, 6.45) is 7.35. The summed E-state index contributed by atoms with van der Waals surface area (Å²) in [6, 6.07) is 6.82. The van der Waals surface area contributed by atoms with Crippen molar-refractivity contribution in [1.82, 2.24) is 9.55 Å². The van der Waals surface area contributed by atoms with Crippen molar-refractivity contribution in [2.45, 2.75) is 31.8 Å². The van der Waals surface area contributed by atoms with Crippen LogP contribution in [0, 0.1) is 0 Å². The van der Waals surface area contributed by atoms with Crippen molar-refractivity contribution in [3.05, 3.63) is 36.2 Å². The Kier molecular flexibility index (Phi) is 3.18. The van der Waals surface area contributed by atoms with E-state index in [1.807, 2.05) is 18.5 Å². The lowest BCUT2D eigenvalue weighted by Crippen LogP contribution is -2.15. The van der Waals surface area contributed by atoms with Crippen molar-refractivity contribution in [1.29, 1.82) is 0 Å². The van der Waals surface area contributed by atoms with E-state index < -0.39 is 0 Å². The number of anilines is 1. The minimum Gasteiger partial charge on any atom is -0.486 e. The second-order valence-electron chi connectivity index (χ2n) is 5.59. The maximum atomic E-state index is 5.63. The van der Waals surface area contributed by atoms with Crippen molar-refractivity contribution in [3.63, 3.8) is 0 Å². The third-order valence-corrected chi connectivity index (χ3v) is 3.87. The molecule has 4 rings (SSSR count). The molecule has 2 aromatic rings. The lowest BCUT2D eigenvalue weighted by atomic mass is 10.1. The Morgan fingerprint density at radius 2 is 2.05 bits per heavy atom. The molecule has 21 heavy (non-hydrogen) atoms. The smallest absolute Gasteiger partial charge is 0.202 e. The Labute approximate surface area is 123 Å². The van der Waals surface area contributed by atoms with Gasteiger partial charge in [0, 0.05) is 25.0 Å². The Hall–Kier alpha value is -2.17. The molecule has 0 amide bonds. The number of benzene rings is 1. The SMILES string of the molecule is c1cn(CCc2ccc3c(c2)OCCO3)c(NC2CC2)n1. The maximum absolute atomic E-state index is 5.63. The average Bonchev–Trinajstić information content (AvgIpc) is 3.23. The molecule has 0 unspecified atom stereocenters. The Bertz CT molecular complexity index is 634. The molecule has 1 N–H and O–H groups in total. The van der Waals surface area contributed by atoms with Gasteiger partial charge in [-0.25, -0.2) is 4.98 Å². The van der Waals surface area contributed by atoms with E-state index in [0.717, 1.165) is 30.4 Å².